The monoisotopic (exact) mass is 343 g/mol. The van der Waals surface area contributed by atoms with Crippen LogP contribution in [0.3, 0.4) is 0 Å². The van der Waals surface area contributed by atoms with Crippen LogP contribution in [-0.4, -0.2) is 18.8 Å². The Labute approximate surface area is 128 Å². The summed E-state index contributed by atoms with van der Waals surface area (Å²) in [7, 11) is 0. The maximum Gasteiger partial charge on any atom is 0.0757 e. The Morgan fingerprint density at radius 2 is 2.16 bits per heavy atom. The minimum Gasteiger partial charge on any atom is -0.376 e. The molecule has 0 bridgehead atoms. The van der Waals surface area contributed by atoms with Gasteiger partial charge in [-0.05, 0) is 49.8 Å². The average molecular weight is 345 g/mol. The summed E-state index contributed by atoms with van der Waals surface area (Å²) in [5, 5.41) is 4.52. The molecule has 3 atom stereocenters. The SMILES string of the molecule is CC(NC1CCOC1C1CC1)c1ccc(Br)cc1Cl. The lowest BCUT2D eigenvalue weighted by Gasteiger charge is -2.24. The molecule has 1 aliphatic carbocycles. The topological polar surface area (TPSA) is 21.3 Å². The molecule has 3 unspecified atom stereocenters. The summed E-state index contributed by atoms with van der Waals surface area (Å²) in [5.74, 6) is 0.785. The molecule has 1 aliphatic heterocycles. The van der Waals surface area contributed by atoms with Gasteiger partial charge in [0.25, 0.3) is 0 Å². The van der Waals surface area contributed by atoms with Gasteiger partial charge in [0.2, 0.25) is 0 Å². The van der Waals surface area contributed by atoms with Crippen LogP contribution in [0.25, 0.3) is 0 Å². The molecule has 0 amide bonds. The number of rotatable bonds is 4. The predicted molar refractivity (Wildman–Crippen MR) is 81.6 cm³/mol. The fourth-order valence-corrected chi connectivity index (χ4v) is 3.78. The van der Waals surface area contributed by atoms with E-state index in [1.54, 1.807) is 0 Å². The second-order valence-corrected chi connectivity index (χ2v) is 6.95. The molecule has 1 N–H and O–H groups in total. The van der Waals surface area contributed by atoms with Gasteiger partial charge in [-0.15, -0.1) is 0 Å². The van der Waals surface area contributed by atoms with Crippen molar-refractivity contribution in [3.8, 4) is 0 Å². The number of benzene rings is 1. The van der Waals surface area contributed by atoms with Crippen molar-refractivity contribution < 1.29 is 4.74 Å². The second kappa shape index (κ2) is 5.72. The average Bonchev–Trinajstić information content (AvgIpc) is 3.10. The van der Waals surface area contributed by atoms with E-state index in [1.807, 2.05) is 12.1 Å². The summed E-state index contributed by atoms with van der Waals surface area (Å²) < 4.78 is 6.89. The Hall–Kier alpha value is -0.0900. The van der Waals surface area contributed by atoms with Crippen molar-refractivity contribution in [2.75, 3.05) is 6.61 Å². The summed E-state index contributed by atoms with van der Waals surface area (Å²) in [6.07, 6.45) is 4.18. The number of nitrogens with one attached hydrogen (secondary N) is 1. The van der Waals surface area contributed by atoms with Crippen LogP contribution in [0.1, 0.15) is 37.8 Å². The Kier molecular flexibility index (Phi) is 4.18. The first-order valence-corrected chi connectivity index (χ1v) is 8.15. The standard InChI is InChI=1S/C15H19BrClNO/c1-9(12-5-4-11(16)8-13(12)17)18-14-6-7-19-15(14)10-2-3-10/h4-5,8-10,14-15,18H,2-3,6-7H2,1H3. The normalized spacial score (nSPS) is 28.6. The Morgan fingerprint density at radius 3 is 2.84 bits per heavy atom. The van der Waals surface area contributed by atoms with Crippen molar-refractivity contribution >= 4 is 27.5 Å². The van der Waals surface area contributed by atoms with Crippen molar-refractivity contribution in [3.05, 3.63) is 33.3 Å². The molecule has 19 heavy (non-hydrogen) atoms. The summed E-state index contributed by atoms with van der Waals surface area (Å²) in [6, 6.07) is 6.82. The number of halogens is 2. The van der Waals surface area contributed by atoms with Crippen LogP contribution >= 0.6 is 27.5 Å². The van der Waals surface area contributed by atoms with E-state index < -0.39 is 0 Å². The lowest BCUT2D eigenvalue weighted by molar-refractivity contribution is 0.0793. The molecule has 1 heterocycles. The maximum atomic E-state index is 6.32. The van der Waals surface area contributed by atoms with E-state index in [0.29, 0.717) is 12.1 Å². The van der Waals surface area contributed by atoms with Gasteiger partial charge in [-0.2, -0.15) is 0 Å². The van der Waals surface area contributed by atoms with Crippen LogP contribution in [0.5, 0.6) is 0 Å². The summed E-state index contributed by atoms with van der Waals surface area (Å²) in [5.41, 5.74) is 1.16. The van der Waals surface area contributed by atoms with Crippen molar-refractivity contribution in [3.63, 3.8) is 0 Å². The Morgan fingerprint density at radius 1 is 1.37 bits per heavy atom. The summed E-state index contributed by atoms with van der Waals surface area (Å²) in [6.45, 7) is 3.07. The minimum atomic E-state index is 0.258. The van der Waals surface area contributed by atoms with Gasteiger partial charge in [-0.1, -0.05) is 33.6 Å². The van der Waals surface area contributed by atoms with Crippen LogP contribution in [0, 0.1) is 5.92 Å². The Bertz CT molecular complexity index is 463. The molecule has 1 saturated carbocycles. The van der Waals surface area contributed by atoms with E-state index in [0.717, 1.165) is 34.0 Å². The molecule has 0 spiro atoms. The lowest BCUT2D eigenvalue weighted by atomic mass is 10.0. The molecule has 0 radical (unpaired) electrons. The van der Waals surface area contributed by atoms with E-state index >= 15 is 0 Å². The molecule has 1 saturated heterocycles. The van der Waals surface area contributed by atoms with Crippen LogP contribution in [-0.2, 0) is 4.74 Å². The number of hydrogen-bond acceptors (Lipinski definition) is 2. The van der Waals surface area contributed by atoms with Gasteiger partial charge in [0.05, 0.1) is 6.10 Å². The van der Waals surface area contributed by atoms with E-state index in [9.17, 15) is 0 Å². The zero-order chi connectivity index (χ0) is 13.4. The molecule has 4 heteroatoms. The smallest absolute Gasteiger partial charge is 0.0757 e. The molecule has 1 aromatic carbocycles. The first kappa shape index (κ1) is 13.9. The minimum absolute atomic E-state index is 0.258. The van der Waals surface area contributed by atoms with Gasteiger partial charge in [0, 0.05) is 28.2 Å². The van der Waals surface area contributed by atoms with Gasteiger partial charge in [-0.3, -0.25) is 0 Å². The first-order chi connectivity index (χ1) is 9.15. The highest BCUT2D eigenvalue weighted by Crippen LogP contribution is 2.39. The van der Waals surface area contributed by atoms with Crippen LogP contribution < -0.4 is 5.32 Å². The van der Waals surface area contributed by atoms with E-state index in [2.05, 4.69) is 34.2 Å². The van der Waals surface area contributed by atoms with Crippen LogP contribution in [0.4, 0.5) is 0 Å². The third-order valence-corrected chi connectivity index (χ3v) is 4.94. The molecular weight excluding hydrogens is 326 g/mol. The maximum absolute atomic E-state index is 6.32. The Balaban J connectivity index is 1.68. The largest absolute Gasteiger partial charge is 0.376 e. The van der Waals surface area contributed by atoms with Gasteiger partial charge in [0.15, 0.2) is 0 Å². The van der Waals surface area contributed by atoms with Crippen LogP contribution in [0.2, 0.25) is 5.02 Å². The van der Waals surface area contributed by atoms with Gasteiger partial charge < -0.3 is 10.1 Å². The van der Waals surface area contributed by atoms with Crippen molar-refractivity contribution in [1.29, 1.82) is 0 Å². The van der Waals surface area contributed by atoms with E-state index in [4.69, 9.17) is 16.3 Å². The third-order valence-electron chi connectivity index (χ3n) is 4.12. The van der Waals surface area contributed by atoms with Gasteiger partial charge in [-0.25, -0.2) is 0 Å². The van der Waals surface area contributed by atoms with Gasteiger partial charge in [0.1, 0.15) is 0 Å². The highest BCUT2D eigenvalue weighted by atomic mass is 79.9. The predicted octanol–water partition coefficient (Wildman–Crippen LogP) is 4.32. The third kappa shape index (κ3) is 3.15. The van der Waals surface area contributed by atoms with Crippen molar-refractivity contribution in [1.82, 2.24) is 5.32 Å². The van der Waals surface area contributed by atoms with E-state index in [1.165, 1.54) is 12.8 Å². The fourth-order valence-electron chi connectivity index (χ4n) is 2.94. The number of hydrogen-bond donors (Lipinski definition) is 1. The van der Waals surface area contributed by atoms with E-state index in [-0.39, 0.29) is 6.04 Å². The molecule has 0 aromatic heterocycles. The molecular formula is C15H19BrClNO. The zero-order valence-electron chi connectivity index (χ0n) is 11.0. The summed E-state index contributed by atoms with van der Waals surface area (Å²) in [4.78, 5) is 0. The zero-order valence-corrected chi connectivity index (χ0v) is 13.4. The quantitative estimate of drug-likeness (QED) is 0.878. The highest BCUT2D eigenvalue weighted by molar-refractivity contribution is 9.10. The molecule has 104 valence electrons. The second-order valence-electron chi connectivity index (χ2n) is 5.62. The van der Waals surface area contributed by atoms with Gasteiger partial charge >= 0.3 is 0 Å². The molecule has 1 aromatic rings. The number of ether oxygens (including phenoxy) is 1. The molecule has 2 aliphatic rings. The van der Waals surface area contributed by atoms with Crippen molar-refractivity contribution in [2.24, 2.45) is 5.92 Å². The lowest BCUT2D eigenvalue weighted by Crippen LogP contribution is -2.39. The molecule has 2 fully saturated rings. The first-order valence-electron chi connectivity index (χ1n) is 6.98. The summed E-state index contributed by atoms with van der Waals surface area (Å²) >= 11 is 9.77. The fraction of sp³-hybridized carbons (Fsp3) is 0.600. The van der Waals surface area contributed by atoms with Crippen LogP contribution in [0.15, 0.2) is 22.7 Å². The van der Waals surface area contributed by atoms with Crippen molar-refractivity contribution in [2.45, 2.75) is 44.4 Å². The highest BCUT2D eigenvalue weighted by Gasteiger charge is 2.40. The molecule has 3 rings (SSSR count). The molecule has 2 nitrogen and oxygen atoms in total.